The molecular weight excluding hydrogens is 322 g/mol. The molecule has 0 heterocycles. The summed E-state index contributed by atoms with van der Waals surface area (Å²) in [6, 6.07) is 22.1. The third-order valence-corrected chi connectivity index (χ3v) is 4.62. The van der Waals surface area contributed by atoms with Crippen LogP contribution in [0.1, 0.15) is 37.4 Å². The summed E-state index contributed by atoms with van der Waals surface area (Å²) >= 11 is 0. The highest BCUT2D eigenvalue weighted by atomic mass is 16.5. The van der Waals surface area contributed by atoms with Crippen molar-refractivity contribution in [3.63, 3.8) is 0 Å². The SMILES string of the molecule is CCC(Oc1cccc2ccccc12)C(=O)NC(C)c1ccc(C)cc1. The number of hydrogen-bond acceptors (Lipinski definition) is 2. The maximum Gasteiger partial charge on any atom is 0.261 e. The van der Waals surface area contributed by atoms with Crippen LogP contribution >= 0.6 is 0 Å². The fourth-order valence-corrected chi connectivity index (χ4v) is 3.02. The van der Waals surface area contributed by atoms with E-state index in [1.807, 2.05) is 68.4 Å². The highest BCUT2D eigenvalue weighted by Gasteiger charge is 2.21. The number of carbonyl (C=O) groups is 1. The Labute approximate surface area is 155 Å². The van der Waals surface area contributed by atoms with Crippen LogP contribution in [-0.2, 0) is 4.79 Å². The van der Waals surface area contributed by atoms with Crippen LogP contribution in [0, 0.1) is 6.92 Å². The second-order valence-electron chi connectivity index (χ2n) is 6.63. The molecule has 0 spiro atoms. The van der Waals surface area contributed by atoms with Crippen molar-refractivity contribution in [3.05, 3.63) is 77.9 Å². The minimum atomic E-state index is -0.520. The number of aryl methyl sites for hydroxylation is 1. The zero-order chi connectivity index (χ0) is 18.5. The second-order valence-corrected chi connectivity index (χ2v) is 6.63. The summed E-state index contributed by atoms with van der Waals surface area (Å²) in [6.45, 7) is 6.01. The lowest BCUT2D eigenvalue weighted by Gasteiger charge is -2.21. The summed E-state index contributed by atoms with van der Waals surface area (Å²) in [5.74, 6) is 0.654. The van der Waals surface area contributed by atoms with Crippen molar-refractivity contribution < 1.29 is 9.53 Å². The molecule has 0 fully saturated rings. The summed E-state index contributed by atoms with van der Waals surface area (Å²) in [5, 5.41) is 5.20. The van der Waals surface area contributed by atoms with Gasteiger partial charge in [0.15, 0.2) is 6.10 Å². The minimum Gasteiger partial charge on any atom is -0.480 e. The Morgan fingerprint density at radius 3 is 2.42 bits per heavy atom. The Morgan fingerprint density at radius 2 is 1.69 bits per heavy atom. The minimum absolute atomic E-state index is 0.0618. The lowest BCUT2D eigenvalue weighted by molar-refractivity contribution is -0.128. The average molecular weight is 347 g/mol. The van der Waals surface area contributed by atoms with E-state index >= 15 is 0 Å². The molecule has 1 N–H and O–H groups in total. The van der Waals surface area contributed by atoms with E-state index in [9.17, 15) is 4.79 Å². The van der Waals surface area contributed by atoms with Gasteiger partial charge in [0.2, 0.25) is 0 Å². The zero-order valence-electron chi connectivity index (χ0n) is 15.5. The highest BCUT2D eigenvalue weighted by molar-refractivity contribution is 5.89. The van der Waals surface area contributed by atoms with Crippen LogP contribution in [0.4, 0.5) is 0 Å². The van der Waals surface area contributed by atoms with Gasteiger partial charge in [-0.1, -0.05) is 73.2 Å². The smallest absolute Gasteiger partial charge is 0.261 e. The number of fused-ring (bicyclic) bond motifs is 1. The summed E-state index contributed by atoms with van der Waals surface area (Å²) < 4.78 is 6.08. The number of rotatable bonds is 6. The van der Waals surface area contributed by atoms with Gasteiger partial charge >= 0.3 is 0 Å². The van der Waals surface area contributed by atoms with Crippen molar-refractivity contribution in [3.8, 4) is 5.75 Å². The van der Waals surface area contributed by atoms with E-state index in [1.165, 1.54) is 5.56 Å². The molecule has 2 unspecified atom stereocenters. The molecule has 134 valence electrons. The highest BCUT2D eigenvalue weighted by Crippen LogP contribution is 2.26. The third kappa shape index (κ3) is 4.05. The maximum absolute atomic E-state index is 12.7. The lowest BCUT2D eigenvalue weighted by Crippen LogP contribution is -2.39. The van der Waals surface area contributed by atoms with Crippen LogP contribution in [0.15, 0.2) is 66.7 Å². The van der Waals surface area contributed by atoms with Gasteiger partial charge < -0.3 is 10.1 Å². The van der Waals surface area contributed by atoms with Crippen LogP contribution in [-0.4, -0.2) is 12.0 Å². The van der Waals surface area contributed by atoms with E-state index in [0.717, 1.165) is 22.1 Å². The van der Waals surface area contributed by atoms with Crippen molar-refractivity contribution in [1.29, 1.82) is 0 Å². The molecule has 3 rings (SSSR count). The lowest BCUT2D eigenvalue weighted by atomic mass is 10.1. The Kier molecular flexibility index (Phi) is 5.57. The largest absolute Gasteiger partial charge is 0.480 e. The molecule has 0 saturated carbocycles. The third-order valence-electron chi connectivity index (χ3n) is 4.62. The van der Waals surface area contributed by atoms with Crippen molar-refractivity contribution in [2.24, 2.45) is 0 Å². The van der Waals surface area contributed by atoms with E-state index in [1.54, 1.807) is 0 Å². The van der Waals surface area contributed by atoms with Crippen molar-refractivity contribution in [1.82, 2.24) is 5.32 Å². The van der Waals surface area contributed by atoms with Gasteiger partial charge in [0.25, 0.3) is 5.91 Å². The first-order chi connectivity index (χ1) is 12.6. The van der Waals surface area contributed by atoms with E-state index in [-0.39, 0.29) is 11.9 Å². The summed E-state index contributed by atoms with van der Waals surface area (Å²) in [6.07, 6.45) is 0.0871. The summed E-state index contributed by atoms with van der Waals surface area (Å²) in [7, 11) is 0. The normalized spacial score (nSPS) is 13.2. The van der Waals surface area contributed by atoms with Crippen LogP contribution in [0.2, 0.25) is 0 Å². The molecule has 0 aliphatic rings. The standard InChI is InChI=1S/C23H25NO2/c1-4-21(23(25)24-17(3)18-14-12-16(2)13-15-18)26-22-11-7-9-19-8-5-6-10-20(19)22/h5-15,17,21H,4H2,1-3H3,(H,24,25). The van der Waals surface area contributed by atoms with Gasteiger partial charge in [0, 0.05) is 5.39 Å². The molecule has 3 nitrogen and oxygen atoms in total. The van der Waals surface area contributed by atoms with Gasteiger partial charge in [0.05, 0.1) is 6.04 Å². The molecule has 2 atom stereocenters. The Bertz CT molecular complexity index is 881. The second kappa shape index (κ2) is 8.05. The van der Waals surface area contributed by atoms with Crippen LogP contribution in [0.25, 0.3) is 10.8 Å². The van der Waals surface area contributed by atoms with Gasteiger partial charge in [-0.05, 0) is 37.3 Å². The van der Waals surface area contributed by atoms with Crippen molar-refractivity contribution in [2.45, 2.75) is 39.3 Å². The first kappa shape index (κ1) is 18.0. The predicted molar refractivity (Wildman–Crippen MR) is 106 cm³/mol. The Balaban J connectivity index is 1.73. The monoisotopic (exact) mass is 347 g/mol. The molecule has 0 bridgehead atoms. The molecule has 26 heavy (non-hydrogen) atoms. The van der Waals surface area contributed by atoms with E-state index in [2.05, 4.69) is 24.4 Å². The maximum atomic E-state index is 12.7. The van der Waals surface area contributed by atoms with Gasteiger partial charge in [-0.2, -0.15) is 0 Å². The quantitative estimate of drug-likeness (QED) is 0.667. The number of ether oxygens (including phenoxy) is 1. The number of benzene rings is 3. The van der Waals surface area contributed by atoms with Crippen LogP contribution in [0.3, 0.4) is 0 Å². The molecular formula is C23H25NO2. The number of hydrogen-bond donors (Lipinski definition) is 1. The molecule has 3 aromatic carbocycles. The van der Waals surface area contributed by atoms with E-state index in [4.69, 9.17) is 4.74 Å². The van der Waals surface area contributed by atoms with Gasteiger partial charge in [-0.15, -0.1) is 0 Å². The fraction of sp³-hybridized carbons (Fsp3) is 0.261. The number of carbonyl (C=O) groups excluding carboxylic acids is 1. The van der Waals surface area contributed by atoms with Crippen LogP contribution < -0.4 is 10.1 Å². The average Bonchev–Trinajstić information content (AvgIpc) is 2.66. The number of nitrogens with one attached hydrogen (secondary N) is 1. The molecule has 0 aliphatic heterocycles. The molecule has 0 saturated heterocycles. The molecule has 3 aromatic rings. The van der Waals surface area contributed by atoms with E-state index in [0.29, 0.717) is 6.42 Å². The molecule has 0 aromatic heterocycles. The first-order valence-corrected chi connectivity index (χ1v) is 9.10. The Morgan fingerprint density at radius 1 is 1.00 bits per heavy atom. The van der Waals surface area contributed by atoms with Crippen molar-refractivity contribution in [2.75, 3.05) is 0 Å². The predicted octanol–water partition coefficient (Wildman–Crippen LogP) is 5.18. The van der Waals surface area contributed by atoms with Gasteiger partial charge in [-0.3, -0.25) is 4.79 Å². The molecule has 3 heteroatoms. The summed E-state index contributed by atoms with van der Waals surface area (Å²) in [5.41, 5.74) is 2.29. The topological polar surface area (TPSA) is 38.3 Å². The summed E-state index contributed by atoms with van der Waals surface area (Å²) in [4.78, 5) is 12.7. The van der Waals surface area contributed by atoms with Crippen molar-refractivity contribution >= 4 is 16.7 Å². The first-order valence-electron chi connectivity index (χ1n) is 9.10. The van der Waals surface area contributed by atoms with E-state index < -0.39 is 6.10 Å². The molecule has 0 aliphatic carbocycles. The number of amides is 1. The molecule has 1 amide bonds. The zero-order valence-corrected chi connectivity index (χ0v) is 15.5. The van der Waals surface area contributed by atoms with Gasteiger partial charge in [0.1, 0.15) is 5.75 Å². The van der Waals surface area contributed by atoms with Crippen LogP contribution in [0.5, 0.6) is 5.75 Å². The van der Waals surface area contributed by atoms with Gasteiger partial charge in [-0.25, -0.2) is 0 Å². The molecule has 0 radical (unpaired) electrons. The fourth-order valence-electron chi connectivity index (χ4n) is 3.02. The Hall–Kier alpha value is -2.81.